The number of benzene rings is 2. The van der Waals surface area contributed by atoms with Gasteiger partial charge < -0.3 is 14.5 Å². The van der Waals surface area contributed by atoms with E-state index in [9.17, 15) is 4.79 Å². The highest BCUT2D eigenvalue weighted by Gasteiger charge is 2.14. The van der Waals surface area contributed by atoms with E-state index in [0.29, 0.717) is 40.8 Å². The second-order valence-electron chi connectivity index (χ2n) is 7.21. The van der Waals surface area contributed by atoms with Gasteiger partial charge in [0.05, 0.1) is 26.2 Å². The summed E-state index contributed by atoms with van der Waals surface area (Å²) in [5, 5.41) is 3.24. The number of ether oxygens (including phenoxy) is 2. The highest BCUT2D eigenvalue weighted by molar-refractivity contribution is 7.17. The summed E-state index contributed by atoms with van der Waals surface area (Å²) in [5.41, 5.74) is 2.76. The zero-order valence-electron chi connectivity index (χ0n) is 17.4. The number of nitrogens with zero attached hydrogens (tertiary/aromatic N) is 2. The molecule has 4 aromatic rings. The molecule has 2 aromatic heterocycles. The van der Waals surface area contributed by atoms with Crippen molar-refractivity contribution in [2.24, 2.45) is 0 Å². The predicted octanol–water partition coefficient (Wildman–Crippen LogP) is 4.95. The van der Waals surface area contributed by atoms with Crippen LogP contribution in [0.15, 0.2) is 52.6 Å². The van der Waals surface area contributed by atoms with E-state index in [1.54, 1.807) is 14.2 Å². The van der Waals surface area contributed by atoms with E-state index in [-0.39, 0.29) is 5.56 Å². The third-order valence-electron chi connectivity index (χ3n) is 4.97. The quantitative estimate of drug-likeness (QED) is 0.427. The molecule has 0 spiro atoms. The largest absolute Gasteiger partial charge is 0.493 e. The van der Waals surface area contributed by atoms with E-state index >= 15 is 0 Å². The Morgan fingerprint density at radius 1 is 1.06 bits per heavy atom. The van der Waals surface area contributed by atoms with Gasteiger partial charge in [-0.3, -0.25) is 9.69 Å². The molecule has 0 saturated carbocycles. The summed E-state index contributed by atoms with van der Waals surface area (Å²) in [6.07, 6.45) is 0. The average molecular weight is 456 g/mol. The minimum atomic E-state index is -0.134. The van der Waals surface area contributed by atoms with E-state index in [1.165, 1.54) is 11.3 Å². The van der Waals surface area contributed by atoms with Gasteiger partial charge in [0.15, 0.2) is 11.5 Å². The maximum Gasteiger partial charge on any atom is 0.260 e. The van der Waals surface area contributed by atoms with Crippen LogP contribution in [0.5, 0.6) is 11.5 Å². The molecule has 0 aliphatic carbocycles. The summed E-state index contributed by atoms with van der Waals surface area (Å²) < 4.78 is 10.7. The standard InChI is InChI=1S/C23H22ClN3O3S/c1-27(11-14-4-9-18(29-2)19(10-14)30-3)12-20-25-22(28)21-17(13-31-23(21)26-20)15-5-7-16(24)8-6-15/h4-10,13H,11-12H2,1-3H3,(H,25,26,28). The number of hydrogen-bond acceptors (Lipinski definition) is 6. The highest BCUT2D eigenvalue weighted by atomic mass is 35.5. The Morgan fingerprint density at radius 3 is 2.52 bits per heavy atom. The van der Waals surface area contributed by atoms with Crippen LogP contribution < -0.4 is 15.0 Å². The van der Waals surface area contributed by atoms with Crippen molar-refractivity contribution in [3.05, 3.63) is 74.6 Å². The fraction of sp³-hybridized carbons (Fsp3) is 0.217. The topological polar surface area (TPSA) is 67.5 Å². The Kier molecular flexibility index (Phi) is 6.27. The Balaban J connectivity index is 1.55. The second kappa shape index (κ2) is 9.09. The van der Waals surface area contributed by atoms with Crippen molar-refractivity contribution >= 4 is 33.2 Å². The van der Waals surface area contributed by atoms with Gasteiger partial charge in [-0.05, 0) is 42.4 Å². The molecule has 1 N–H and O–H groups in total. The number of fused-ring (bicyclic) bond motifs is 1. The maximum atomic E-state index is 12.9. The van der Waals surface area contributed by atoms with E-state index < -0.39 is 0 Å². The van der Waals surface area contributed by atoms with Crippen LogP contribution in [0, 0.1) is 0 Å². The molecule has 0 unspecified atom stereocenters. The Bertz CT molecular complexity index is 1270. The van der Waals surface area contributed by atoms with E-state index in [2.05, 4.69) is 9.88 Å². The Labute approximate surface area is 189 Å². The fourth-order valence-electron chi connectivity index (χ4n) is 3.51. The Hall–Kier alpha value is -2.87. The molecule has 0 radical (unpaired) electrons. The van der Waals surface area contributed by atoms with Gasteiger partial charge in [0, 0.05) is 22.5 Å². The fourth-order valence-corrected chi connectivity index (χ4v) is 4.61. The molecule has 0 atom stereocenters. The van der Waals surface area contributed by atoms with Gasteiger partial charge in [0.2, 0.25) is 0 Å². The second-order valence-corrected chi connectivity index (χ2v) is 8.51. The number of aromatic amines is 1. The molecular formula is C23H22ClN3O3S. The summed E-state index contributed by atoms with van der Waals surface area (Å²) in [7, 11) is 5.22. The van der Waals surface area contributed by atoms with Crippen LogP contribution in [0.25, 0.3) is 21.3 Å². The van der Waals surface area contributed by atoms with Gasteiger partial charge >= 0.3 is 0 Å². The van der Waals surface area contributed by atoms with Gasteiger partial charge in [-0.15, -0.1) is 11.3 Å². The number of thiophene rings is 1. The van der Waals surface area contributed by atoms with E-state index in [4.69, 9.17) is 26.1 Å². The lowest BCUT2D eigenvalue weighted by Gasteiger charge is -2.17. The Morgan fingerprint density at radius 2 is 1.81 bits per heavy atom. The molecule has 0 amide bonds. The lowest BCUT2D eigenvalue weighted by molar-refractivity contribution is 0.308. The third-order valence-corrected chi connectivity index (χ3v) is 6.09. The van der Waals surface area contributed by atoms with Crippen LogP contribution in [-0.2, 0) is 13.1 Å². The van der Waals surface area contributed by atoms with Crippen molar-refractivity contribution in [3.63, 3.8) is 0 Å². The first-order chi connectivity index (χ1) is 15.0. The first-order valence-corrected chi connectivity index (χ1v) is 10.9. The lowest BCUT2D eigenvalue weighted by atomic mass is 10.1. The van der Waals surface area contributed by atoms with Crippen molar-refractivity contribution in [3.8, 4) is 22.6 Å². The number of hydrogen-bond donors (Lipinski definition) is 1. The predicted molar refractivity (Wildman–Crippen MR) is 125 cm³/mol. The zero-order chi connectivity index (χ0) is 22.0. The van der Waals surface area contributed by atoms with Gasteiger partial charge in [-0.2, -0.15) is 0 Å². The average Bonchev–Trinajstić information content (AvgIpc) is 3.18. The van der Waals surface area contributed by atoms with Crippen LogP contribution in [0.2, 0.25) is 5.02 Å². The molecule has 2 heterocycles. The molecular weight excluding hydrogens is 434 g/mol. The van der Waals surface area contributed by atoms with Crippen LogP contribution >= 0.6 is 22.9 Å². The third kappa shape index (κ3) is 4.58. The summed E-state index contributed by atoms with van der Waals surface area (Å²) in [6, 6.07) is 13.3. The first kappa shape index (κ1) is 21.4. The minimum absolute atomic E-state index is 0.134. The van der Waals surface area contributed by atoms with Crippen LogP contribution in [-0.4, -0.2) is 36.1 Å². The van der Waals surface area contributed by atoms with Crippen molar-refractivity contribution in [1.29, 1.82) is 0 Å². The van der Waals surface area contributed by atoms with Crippen molar-refractivity contribution in [2.75, 3.05) is 21.3 Å². The minimum Gasteiger partial charge on any atom is -0.493 e. The SMILES string of the molecule is COc1ccc(CN(C)Cc2nc3scc(-c4ccc(Cl)cc4)c3c(=O)[nH]2)cc1OC. The number of methoxy groups -OCH3 is 2. The molecule has 0 bridgehead atoms. The molecule has 0 aliphatic heterocycles. The first-order valence-electron chi connectivity index (χ1n) is 9.64. The summed E-state index contributed by atoms with van der Waals surface area (Å²) in [4.78, 5) is 23.3. The maximum absolute atomic E-state index is 12.9. The molecule has 2 aromatic carbocycles. The van der Waals surface area contributed by atoms with Crippen LogP contribution in [0.3, 0.4) is 0 Å². The molecule has 4 rings (SSSR count). The molecule has 0 aliphatic rings. The van der Waals surface area contributed by atoms with Gasteiger partial charge in [0.1, 0.15) is 10.7 Å². The number of nitrogens with one attached hydrogen (secondary N) is 1. The highest BCUT2D eigenvalue weighted by Crippen LogP contribution is 2.31. The van der Waals surface area contributed by atoms with Crippen LogP contribution in [0.4, 0.5) is 0 Å². The van der Waals surface area contributed by atoms with Crippen molar-refractivity contribution < 1.29 is 9.47 Å². The van der Waals surface area contributed by atoms with Gasteiger partial charge in [0.25, 0.3) is 5.56 Å². The smallest absolute Gasteiger partial charge is 0.260 e. The zero-order valence-corrected chi connectivity index (χ0v) is 19.0. The summed E-state index contributed by atoms with van der Waals surface area (Å²) in [5.74, 6) is 2.01. The summed E-state index contributed by atoms with van der Waals surface area (Å²) in [6.45, 7) is 1.18. The van der Waals surface area contributed by atoms with Crippen molar-refractivity contribution in [1.82, 2.24) is 14.9 Å². The van der Waals surface area contributed by atoms with Gasteiger partial charge in [-0.25, -0.2) is 4.98 Å². The lowest BCUT2D eigenvalue weighted by Crippen LogP contribution is -2.21. The molecule has 31 heavy (non-hydrogen) atoms. The number of aromatic nitrogens is 2. The van der Waals surface area contributed by atoms with Crippen molar-refractivity contribution in [2.45, 2.75) is 13.1 Å². The molecule has 0 saturated heterocycles. The normalized spacial score (nSPS) is 11.3. The van der Waals surface area contributed by atoms with Crippen LogP contribution in [0.1, 0.15) is 11.4 Å². The molecule has 160 valence electrons. The van der Waals surface area contributed by atoms with E-state index in [1.807, 2.05) is 54.9 Å². The van der Waals surface area contributed by atoms with E-state index in [0.717, 1.165) is 21.5 Å². The monoisotopic (exact) mass is 455 g/mol. The number of rotatable bonds is 7. The summed E-state index contributed by atoms with van der Waals surface area (Å²) >= 11 is 7.45. The number of halogens is 1. The molecule has 8 heteroatoms. The number of H-pyrrole nitrogens is 1. The van der Waals surface area contributed by atoms with Gasteiger partial charge in [-0.1, -0.05) is 29.8 Å². The molecule has 6 nitrogen and oxygen atoms in total. The molecule has 0 fully saturated rings.